The molecule has 2 aromatic carbocycles. The molecule has 0 bridgehead atoms. The number of phenols is 1. The number of esters is 1. The average molecular weight is 658 g/mol. The lowest BCUT2D eigenvalue weighted by Gasteiger charge is -2.24. The number of phenolic OH excluding ortho intramolecular Hbond substituents is 1. The summed E-state index contributed by atoms with van der Waals surface area (Å²) in [4.78, 5) is 31.1. The number of nitrogens with zero attached hydrogens (tertiary/aromatic N) is 2. The molecule has 1 N–H and O–H groups in total. The number of aromatic hydroxyl groups is 1. The van der Waals surface area contributed by atoms with Crippen molar-refractivity contribution in [2.45, 2.75) is 13.0 Å². The molecular formula is C22H16I2N2O4S. The summed E-state index contributed by atoms with van der Waals surface area (Å²) in [5, 5.41) is 10.5. The normalized spacial score (nSPS) is 16.1. The average Bonchev–Trinajstić information content (AvgIpc) is 3.05. The Morgan fingerprint density at radius 2 is 1.97 bits per heavy atom. The molecule has 1 aromatic heterocycles. The van der Waals surface area contributed by atoms with E-state index < -0.39 is 12.0 Å². The van der Waals surface area contributed by atoms with Gasteiger partial charge in [0.05, 0.1) is 32.5 Å². The summed E-state index contributed by atoms with van der Waals surface area (Å²) in [5.41, 5.74) is 1.91. The van der Waals surface area contributed by atoms with Crippen LogP contribution in [0.4, 0.5) is 0 Å². The summed E-state index contributed by atoms with van der Waals surface area (Å²) in [7, 11) is 1.32. The molecular weight excluding hydrogens is 642 g/mol. The van der Waals surface area contributed by atoms with Crippen LogP contribution in [0.5, 0.6) is 5.75 Å². The number of fused-ring (bicyclic) bond motifs is 1. The molecule has 0 aliphatic carbocycles. The van der Waals surface area contributed by atoms with Crippen molar-refractivity contribution in [3.8, 4) is 5.75 Å². The van der Waals surface area contributed by atoms with Crippen LogP contribution in [-0.4, -0.2) is 22.8 Å². The third-order valence-corrected chi connectivity index (χ3v) is 7.31. The first kappa shape index (κ1) is 22.2. The zero-order valence-electron chi connectivity index (χ0n) is 16.4. The van der Waals surface area contributed by atoms with Crippen LogP contribution in [-0.2, 0) is 9.53 Å². The summed E-state index contributed by atoms with van der Waals surface area (Å²) < 4.78 is 8.60. The van der Waals surface area contributed by atoms with Gasteiger partial charge in [0.2, 0.25) is 0 Å². The van der Waals surface area contributed by atoms with E-state index in [1.807, 2.05) is 42.5 Å². The Morgan fingerprint density at radius 1 is 1.26 bits per heavy atom. The molecule has 0 saturated heterocycles. The standard InChI is InChI=1S/C22H16I2N2O4S/c1-11-17(21(29)30-2)18(12-6-4-3-5-7-12)26-20(28)16(31-22(26)25-11)9-13-8-14(23)10-15(24)19(13)27/h3-10,18,27H,1-2H3/b16-9-/t18-/m1/s1. The molecule has 4 rings (SSSR count). The van der Waals surface area contributed by atoms with Gasteiger partial charge < -0.3 is 9.84 Å². The van der Waals surface area contributed by atoms with E-state index in [4.69, 9.17) is 4.74 Å². The van der Waals surface area contributed by atoms with E-state index in [1.54, 1.807) is 13.0 Å². The molecule has 2 heterocycles. The molecule has 3 aromatic rings. The second kappa shape index (κ2) is 8.87. The first-order valence-corrected chi connectivity index (χ1v) is 12.1. The molecule has 9 heteroatoms. The van der Waals surface area contributed by atoms with Crippen molar-refractivity contribution < 1.29 is 14.6 Å². The molecule has 1 atom stereocenters. The van der Waals surface area contributed by atoms with Gasteiger partial charge in [0.15, 0.2) is 4.80 Å². The Kier molecular flexibility index (Phi) is 6.35. The second-order valence-corrected chi connectivity index (χ2v) is 10.2. The molecule has 1 aliphatic rings. The highest BCUT2D eigenvalue weighted by molar-refractivity contribution is 14.1. The number of aromatic nitrogens is 1. The topological polar surface area (TPSA) is 80.9 Å². The van der Waals surface area contributed by atoms with Gasteiger partial charge in [-0.1, -0.05) is 41.7 Å². The predicted molar refractivity (Wildman–Crippen MR) is 136 cm³/mol. The van der Waals surface area contributed by atoms with Crippen molar-refractivity contribution in [2.75, 3.05) is 7.11 Å². The number of allylic oxidation sites excluding steroid dienone is 1. The third-order valence-electron chi connectivity index (χ3n) is 4.89. The monoisotopic (exact) mass is 658 g/mol. The lowest BCUT2D eigenvalue weighted by molar-refractivity contribution is -0.136. The van der Waals surface area contributed by atoms with Crippen molar-refractivity contribution in [1.82, 2.24) is 4.57 Å². The Morgan fingerprint density at radius 3 is 2.65 bits per heavy atom. The van der Waals surface area contributed by atoms with E-state index in [1.165, 1.54) is 23.0 Å². The number of benzene rings is 2. The fraction of sp³-hybridized carbons (Fsp3) is 0.136. The van der Waals surface area contributed by atoms with Gasteiger partial charge in [-0.15, -0.1) is 0 Å². The maximum absolute atomic E-state index is 13.5. The Balaban J connectivity index is 2.00. The van der Waals surface area contributed by atoms with Crippen molar-refractivity contribution >= 4 is 68.6 Å². The van der Waals surface area contributed by atoms with Crippen LogP contribution in [0.2, 0.25) is 0 Å². The van der Waals surface area contributed by atoms with Gasteiger partial charge in [-0.25, -0.2) is 9.79 Å². The fourth-order valence-corrected chi connectivity index (χ4v) is 6.41. The highest BCUT2D eigenvalue weighted by Gasteiger charge is 2.32. The first-order chi connectivity index (χ1) is 14.8. The van der Waals surface area contributed by atoms with Crippen LogP contribution in [0.3, 0.4) is 0 Å². The summed E-state index contributed by atoms with van der Waals surface area (Å²) in [6.45, 7) is 1.74. The molecule has 0 amide bonds. The van der Waals surface area contributed by atoms with Crippen molar-refractivity contribution in [2.24, 2.45) is 4.99 Å². The van der Waals surface area contributed by atoms with Crippen molar-refractivity contribution in [1.29, 1.82) is 0 Å². The summed E-state index contributed by atoms with van der Waals surface area (Å²) in [6.07, 6.45) is 1.67. The van der Waals surface area contributed by atoms with Crippen LogP contribution < -0.4 is 14.9 Å². The second-order valence-electron chi connectivity index (χ2n) is 6.81. The van der Waals surface area contributed by atoms with Crippen LogP contribution in [0, 0.1) is 7.14 Å². The number of halogens is 2. The zero-order valence-corrected chi connectivity index (χ0v) is 21.6. The number of hydrogen-bond donors (Lipinski definition) is 1. The maximum Gasteiger partial charge on any atom is 0.338 e. The minimum atomic E-state index is -0.642. The quantitative estimate of drug-likeness (QED) is 0.346. The largest absolute Gasteiger partial charge is 0.506 e. The van der Waals surface area contributed by atoms with Gasteiger partial charge in [-0.2, -0.15) is 0 Å². The number of ether oxygens (including phenoxy) is 1. The minimum Gasteiger partial charge on any atom is -0.506 e. The molecule has 0 unspecified atom stereocenters. The van der Waals surface area contributed by atoms with Crippen LogP contribution in [0.15, 0.2) is 63.5 Å². The van der Waals surface area contributed by atoms with Gasteiger partial charge in [0, 0.05) is 9.13 Å². The van der Waals surface area contributed by atoms with Gasteiger partial charge >= 0.3 is 5.97 Å². The van der Waals surface area contributed by atoms with Gasteiger partial charge in [-0.05, 0) is 75.9 Å². The number of hydrogen-bond acceptors (Lipinski definition) is 6. The highest BCUT2D eigenvalue weighted by atomic mass is 127. The van der Waals surface area contributed by atoms with Crippen LogP contribution in [0.25, 0.3) is 6.08 Å². The predicted octanol–water partition coefficient (Wildman–Crippen LogP) is 3.32. The Bertz CT molecular complexity index is 1410. The SMILES string of the molecule is COC(=O)C1=C(C)N=c2s/c(=C\c3cc(I)cc(I)c3O)c(=O)n2[C@@H]1c1ccccc1. The number of carbonyl (C=O) groups excluding carboxylic acids is 1. The van der Waals surface area contributed by atoms with E-state index in [2.05, 4.69) is 50.2 Å². The van der Waals surface area contributed by atoms with Gasteiger partial charge in [0.1, 0.15) is 5.75 Å². The fourth-order valence-electron chi connectivity index (χ4n) is 3.48. The summed E-state index contributed by atoms with van der Waals surface area (Å²) in [6, 6.07) is 12.4. The Labute approximate surface area is 208 Å². The lowest BCUT2D eigenvalue weighted by atomic mass is 9.96. The summed E-state index contributed by atoms with van der Waals surface area (Å²) >= 11 is 5.46. The smallest absolute Gasteiger partial charge is 0.338 e. The lowest BCUT2D eigenvalue weighted by Crippen LogP contribution is -2.39. The molecule has 1 aliphatic heterocycles. The number of carbonyl (C=O) groups is 1. The van der Waals surface area contributed by atoms with E-state index in [-0.39, 0.29) is 11.3 Å². The number of thiazole rings is 1. The van der Waals surface area contributed by atoms with Gasteiger partial charge in [0.25, 0.3) is 5.56 Å². The van der Waals surface area contributed by atoms with Crippen LogP contribution in [0.1, 0.15) is 24.1 Å². The van der Waals surface area contributed by atoms with E-state index in [0.29, 0.717) is 29.7 Å². The molecule has 0 fully saturated rings. The maximum atomic E-state index is 13.5. The molecule has 0 saturated carbocycles. The van der Waals surface area contributed by atoms with E-state index in [0.717, 1.165) is 9.13 Å². The zero-order chi connectivity index (χ0) is 22.3. The first-order valence-electron chi connectivity index (χ1n) is 9.15. The van der Waals surface area contributed by atoms with Crippen molar-refractivity contribution in [3.63, 3.8) is 0 Å². The molecule has 0 radical (unpaired) electrons. The molecule has 31 heavy (non-hydrogen) atoms. The molecule has 6 nitrogen and oxygen atoms in total. The third kappa shape index (κ3) is 4.10. The Hall–Kier alpha value is -1.99. The van der Waals surface area contributed by atoms with Crippen LogP contribution >= 0.6 is 56.5 Å². The van der Waals surface area contributed by atoms with Crippen molar-refractivity contribution in [3.05, 3.63) is 91.7 Å². The minimum absolute atomic E-state index is 0.123. The highest BCUT2D eigenvalue weighted by Crippen LogP contribution is 2.31. The number of methoxy groups -OCH3 is 1. The van der Waals surface area contributed by atoms with E-state index >= 15 is 0 Å². The van der Waals surface area contributed by atoms with E-state index in [9.17, 15) is 14.7 Å². The summed E-state index contributed by atoms with van der Waals surface area (Å²) in [5.74, 6) is -0.396. The number of rotatable bonds is 3. The molecule has 0 spiro atoms. The molecule has 158 valence electrons. The van der Waals surface area contributed by atoms with Gasteiger partial charge in [-0.3, -0.25) is 9.36 Å².